The molecule has 0 fully saturated rings. The van der Waals surface area contributed by atoms with Crippen molar-refractivity contribution in [2.45, 2.75) is 32.1 Å². The van der Waals surface area contributed by atoms with Gasteiger partial charge in [0.15, 0.2) is 0 Å². The van der Waals surface area contributed by atoms with Crippen molar-refractivity contribution in [1.82, 2.24) is 4.72 Å². The molecular formula is C13H19NO4S. The van der Waals surface area contributed by atoms with Crippen molar-refractivity contribution in [1.29, 1.82) is 0 Å². The Morgan fingerprint density at radius 3 is 2.37 bits per heavy atom. The maximum atomic E-state index is 12.0. The Morgan fingerprint density at radius 1 is 1.26 bits per heavy atom. The summed E-state index contributed by atoms with van der Waals surface area (Å²) in [6.07, 6.45) is 0. The molecule has 0 aliphatic rings. The number of hydrogen-bond donors (Lipinski definition) is 1. The van der Waals surface area contributed by atoms with Crippen LogP contribution in [-0.2, 0) is 20.5 Å². The molecule has 0 bridgehead atoms. The summed E-state index contributed by atoms with van der Waals surface area (Å²) in [7, 11) is -2.25. The normalized spacial score (nSPS) is 12.2. The zero-order valence-electron chi connectivity index (χ0n) is 11.6. The first kappa shape index (κ1) is 15.7. The molecule has 1 rings (SSSR count). The molecule has 1 N–H and O–H groups in total. The van der Waals surface area contributed by atoms with Gasteiger partial charge in [0.2, 0.25) is 10.0 Å². The first-order chi connectivity index (χ1) is 8.64. The minimum Gasteiger partial charge on any atom is -0.465 e. The fourth-order valence-corrected chi connectivity index (χ4v) is 3.33. The quantitative estimate of drug-likeness (QED) is 0.854. The summed E-state index contributed by atoms with van der Waals surface area (Å²) >= 11 is 0. The molecule has 0 radical (unpaired) electrons. The summed E-state index contributed by atoms with van der Waals surface area (Å²) in [5.74, 6) is -0.795. The van der Waals surface area contributed by atoms with Crippen molar-refractivity contribution in [2.24, 2.45) is 0 Å². The van der Waals surface area contributed by atoms with Crippen LogP contribution in [0.25, 0.3) is 0 Å². The standard InChI is InChI=1S/C13H19NO4S/c1-13(2,3)14-19(16,17)9-10-7-5-6-8-11(10)12(15)18-4/h5-8,14H,9H2,1-4H3. The van der Waals surface area contributed by atoms with Gasteiger partial charge in [0.1, 0.15) is 0 Å². The van der Waals surface area contributed by atoms with E-state index in [-0.39, 0.29) is 11.3 Å². The number of hydrogen-bond acceptors (Lipinski definition) is 4. The second-order valence-corrected chi connectivity index (χ2v) is 6.98. The summed E-state index contributed by atoms with van der Waals surface area (Å²) in [5.41, 5.74) is 0.134. The van der Waals surface area contributed by atoms with Gasteiger partial charge < -0.3 is 4.74 Å². The number of sulfonamides is 1. The number of carbonyl (C=O) groups excluding carboxylic acids is 1. The lowest BCUT2D eigenvalue weighted by Crippen LogP contribution is -2.41. The highest BCUT2D eigenvalue weighted by atomic mass is 32.2. The van der Waals surface area contributed by atoms with Crippen molar-refractivity contribution in [3.8, 4) is 0 Å². The van der Waals surface area contributed by atoms with Gasteiger partial charge >= 0.3 is 5.97 Å². The monoisotopic (exact) mass is 285 g/mol. The summed E-state index contributed by atoms with van der Waals surface area (Å²) in [4.78, 5) is 11.6. The summed E-state index contributed by atoms with van der Waals surface area (Å²) in [6, 6.07) is 6.51. The van der Waals surface area contributed by atoms with E-state index < -0.39 is 21.5 Å². The third-order valence-corrected chi connectivity index (χ3v) is 3.84. The van der Waals surface area contributed by atoms with E-state index in [1.807, 2.05) is 0 Å². The maximum Gasteiger partial charge on any atom is 0.338 e. The van der Waals surface area contributed by atoms with E-state index in [9.17, 15) is 13.2 Å². The van der Waals surface area contributed by atoms with Gasteiger partial charge in [0, 0.05) is 5.54 Å². The molecule has 0 heterocycles. The fourth-order valence-electron chi connectivity index (χ4n) is 1.66. The van der Waals surface area contributed by atoms with E-state index in [4.69, 9.17) is 0 Å². The lowest BCUT2D eigenvalue weighted by Gasteiger charge is -2.20. The molecule has 1 aromatic carbocycles. The summed E-state index contributed by atoms with van der Waals surface area (Å²) < 4.78 is 31.2. The topological polar surface area (TPSA) is 72.5 Å². The second kappa shape index (κ2) is 5.71. The third kappa shape index (κ3) is 5.00. The molecule has 0 aliphatic heterocycles. The molecule has 106 valence electrons. The van der Waals surface area contributed by atoms with Crippen LogP contribution in [-0.4, -0.2) is 27.0 Å². The molecule has 6 heteroatoms. The first-order valence-electron chi connectivity index (χ1n) is 5.82. The average Bonchev–Trinajstić information content (AvgIpc) is 2.24. The third-order valence-electron chi connectivity index (χ3n) is 2.23. The van der Waals surface area contributed by atoms with Gasteiger partial charge in [-0.25, -0.2) is 17.9 Å². The van der Waals surface area contributed by atoms with Gasteiger partial charge in [0.05, 0.1) is 18.4 Å². The molecule has 0 amide bonds. The van der Waals surface area contributed by atoms with E-state index >= 15 is 0 Å². The van der Waals surface area contributed by atoms with E-state index in [1.54, 1.807) is 45.0 Å². The van der Waals surface area contributed by atoms with E-state index in [2.05, 4.69) is 9.46 Å². The highest BCUT2D eigenvalue weighted by Crippen LogP contribution is 2.14. The number of esters is 1. The van der Waals surface area contributed by atoms with Crippen LogP contribution >= 0.6 is 0 Å². The van der Waals surface area contributed by atoms with Crippen molar-refractivity contribution < 1.29 is 17.9 Å². The highest BCUT2D eigenvalue weighted by molar-refractivity contribution is 7.88. The number of ether oxygens (including phenoxy) is 1. The van der Waals surface area contributed by atoms with Crippen LogP contribution in [0.4, 0.5) is 0 Å². The zero-order valence-corrected chi connectivity index (χ0v) is 12.4. The Morgan fingerprint density at radius 2 is 1.84 bits per heavy atom. The van der Waals surface area contributed by atoms with Gasteiger partial charge in [-0.15, -0.1) is 0 Å². The molecule has 0 saturated heterocycles. The average molecular weight is 285 g/mol. The fraction of sp³-hybridized carbons (Fsp3) is 0.462. The van der Waals surface area contributed by atoms with Gasteiger partial charge in [0.25, 0.3) is 0 Å². The molecule has 0 atom stereocenters. The minimum atomic E-state index is -3.51. The van der Waals surface area contributed by atoms with Gasteiger partial charge in [-0.2, -0.15) is 0 Å². The van der Waals surface area contributed by atoms with Crippen LogP contribution in [0.5, 0.6) is 0 Å². The number of methoxy groups -OCH3 is 1. The lowest BCUT2D eigenvalue weighted by atomic mass is 10.1. The van der Waals surface area contributed by atoms with Crippen molar-refractivity contribution in [3.63, 3.8) is 0 Å². The van der Waals surface area contributed by atoms with Gasteiger partial charge in [-0.1, -0.05) is 18.2 Å². The Labute approximate surface area is 114 Å². The Bertz CT molecular complexity index is 558. The van der Waals surface area contributed by atoms with E-state index in [0.29, 0.717) is 5.56 Å². The Hall–Kier alpha value is -1.40. The van der Waals surface area contributed by atoms with Crippen molar-refractivity contribution in [2.75, 3.05) is 7.11 Å². The van der Waals surface area contributed by atoms with E-state index in [0.717, 1.165) is 0 Å². The Balaban J connectivity index is 3.03. The molecule has 19 heavy (non-hydrogen) atoms. The van der Waals surface area contributed by atoms with Crippen LogP contribution in [0.1, 0.15) is 36.7 Å². The Kier molecular flexibility index (Phi) is 4.70. The van der Waals surface area contributed by atoms with Crippen LogP contribution in [0.15, 0.2) is 24.3 Å². The molecule has 5 nitrogen and oxygen atoms in total. The van der Waals surface area contributed by atoms with E-state index in [1.165, 1.54) is 7.11 Å². The molecule has 0 unspecified atom stereocenters. The van der Waals surface area contributed by atoms with Crippen molar-refractivity contribution >= 4 is 16.0 Å². The van der Waals surface area contributed by atoms with Crippen LogP contribution in [0, 0.1) is 0 Å². The minimum absolute atomic E-state index is 0.254. The predicted octanol–water partition coefficient (Wildman–Crippen LogP) is 1.69. The predicted molar refractivity (Wildman–Crippen MR) is 73.3 cm³/mol. The summed E-state index contributed by atoms with van der Waals surface area (Å²) in [6.45, 7) is 5.28. The zero-order chi connectivity index (χ0) is 14.7. The first-order valence-corrected chi connectivity index (χ1v) is 7.48. The summed E-state index contributed by atoms with van der Waals surface area (Å²) in [5, 5.41) is 0. The SMILES string of the molecule is COC(=O)c1ccccc1CS(=O)(=O)NC(C)(C)C. The molecule has 0 aliphatic carbocycles. The highest BCUT2D eigenvalue weighted by Gasteiger charge is 2.22. The van der Waals surface area contributed by atoms with Crippen molar-refractivity contribution in [3.05, 3.63) is 35.4 Å². The largest absolute Gasteiger partial charge is 0.465 e. The molecule has 0 spiro atoms. The second-order valence-electron chi connectivity index (χ2n) is 5.26. The number of benzene rings is 1. The van der Waals surface area contributed by atoms with Gasteiger partial charge in [-0.3, -0.25) is 0 Å². The molecule has 1 aromatic rings. The number of rotatable bonds is 4. The van der Waals surface area contributed by atoms with Crippen LogP contribution < -0.4 is 4.72 Å². The number of carbonyl (C=O) groups is 1. The van der Waals surface area contributed by atoms with Gasteiger partial charge in [-0.05, 0) is 32.4 Å². The molecule has 0 saturated carbocycles. The lowest BCUT2D eigenvalue weighted by molar-refractivity contribution is 0.0600. The molecule has 0 aromatic heterocycles. The number of nitrogens with one attached hydrogen (secondary N) is 1. The maximum absolute atomic E-state index is 12.0. The van der Waals surface area contributed by atoms with Crippen LogP contribution in [0.3, 0.4) is 0 Å². The van der Waals surface area contributed by atoms with Crippen LogP contribution in [0.2, 0.25) is 0 Å². The molecular weight excluding hydrogens is 266 g/mol. The smallest absolute Gasteiger partial charge is 0.338 e.